The van der Waals surface area contributed by atoms with Gasteiger partial charge < -0.3 is 4.57 Å². The molecule has 0 saturated carbocycles. The van der Waals surface area contributed by atoms with Gasteiger partial charge in [-0.15, -0.1) is 19.6 Å². The van der Waals surface area contributed by atoms with Crippen molar-refractivity contribution in [1.82, 2.24) is 8.87 Å². The molecule has 0 radical (unpaired) electrons. The Balaban J connectivity index is 1.98. The summed E-state index contributed by atoms with van der Waals surface area (Å²) in [5.41, 5.74) is 0.473. The Kier molecular flexibility index (Phi) is 7.20. The average Bonchev–Trinajstić information content (AvgIpc) is 3.12. The summed E-state index contributed by atoms with van der Waals surface area (Å²) in [6, 6.07) is 10.1. The summed E-state index contributed by atoms with van der Waals surface area (Å²) in [7, 11) is -3.78. The van der Waals surface area contributed by atoms with E-state index in [1.165, 1.54) is 51.4 Å². The summed E-state index contributed by atoms with van der Waals surface area (Å²) in [4.78, 5) is 17.1. The molecule has 0 fully saturated rings. The van der Waals surface area contributed by atoms with Crippen molar-refractivity contribution < 1.29 is 17.6 Å². The molecular weight excluding hydrogens is 449 g/mol. The average molecular weight is 470 g/mol. The molecule has 1 amide bonds. The molecule has 0 atom stereocenters. The number of hydrogen-bond acceptors (Lipinski definition) is 4. The van der Waals surface area contributed by atoms with E-state index >= 15 is 0 Å². The van der Waals surface area contributed by atoms with Crippen LogP contribution in [0.1, 0.15) is 10.4 Å². The number of rotatable bonds is 8. The molecule has 3 aromatic rings. The highest BCUT2D eigenvalue weighted by Gasteiger charge is 2.22. The number of hydrogen-bond donors (Lipinski definition) is 0. The van der Waals surface area contributed by atoms with E-state index in [0.717, 1.165) is 11.3 Å². The molecule has 6 nitrogen and oxygen atoms in total. The molecule has 0 aliphatic rings. The molecule has 1 aromatic heterocycles. The first-order chi connectivity index (χ1) is 15.3. The van der Waals surface area contributed by atoms with E-state index in [2.05, 4.69) is 24.1 Å². The van der Waals surface area contributed by atoms with Crippen molar-refractivity contribution in [2.45, 2.75) is 11.4 Å². The minimum absolute atomic E-state index is 0.0316. The summed E-state index contributed by atoms with van der Waals surface area (Å²) in [5.74, 6) is 1.39. The van der Waals surface area contributed by atoms with E-state index < -0.39 is 21.7 Å². The van der Waals surface area contributed by atoms with Crippen LogP contribution in [0.25, 0.3) is 10.2 Å². The summed E-state index contributed by atoms with van der Waals surface area (Å²) in [5, 5.41) is 0. The van der Waals surface area contributed by atoms with E-state index in [0.29, 0.717) is 4.70 Å². The van der Waals surface area contributed by atoms with Crippen molar-refractivity contribution in [1.29, 1.82) is 0 Å². The lowest BCUT2D eigenvalue weighted by atomic mass is 10.2. The number of halogens is 1. The van der Waals surface area contributed by atoms with Crippen LogP contribution in [0, 0.1) is 18.2 Å². The molecule has 0 unspecified atom stereocenters. The highest BCUT2D eigenvalue weighted by atomic mass is 32.2. The van der Waals surface area contributed by atoms with Crippen LogP contribution in [0.3, 0.4) is 0 Å². The van der Waals surface area contributed by atoms with Gasteiger partial charge in [-0.3, -0.25) is 4.79 Å². The summed E-state index contributed by atoms with van der Waals surface area (Å²) < 4.78 is 43.2. The van der Waals surface area contributed by atoms with Gasteiger partial charge in [0.25, 0.3) is 5.91 Å². The summed E-state index contributed by atoms with van der Waals surface area (Å²) >= 11 is 1.14. The van der Waals surface area contributed by atoms with Gasteiger partial charge in [0.05, 0.1) is 21.7 Å². The third-order valence-electron chi connectivity index (χ3n) is 4.50. The first-order valence-electron chi connectivity index (χ1n) is 9.46. The Labute approximate surface area is 189 Å². The minimum atomic E-state index is -3.78. The fraction of sp³-hybridized carbons (Fsp3) is 0.130. The number of thiazole rings is 1. The number of terminal acetylenes is 1. The van der Waals surface area contributed by atoms with Gasteiger partial charge in [0, 0.05) is 18.7 Å². The number of para-hydroxylation sites is 1. The van der Waals surface area contributed by atoms with E-state index in [1.54, 1.807) is 12.1 Å². The van der Waals surface area contributed by atoms with Gasteiger partial charge in [-0.05, 0) is 36.4 Å². The number of carbonyl (C=O) groups is 1. The minimum Gasteiger partial charge on any atom is -0.302 e. The van der Waals surface area contributed by atoms with Crippen LogP contribution in [-0.4, -0.2) is 36.3 Å². The van der Waals surface area contributed by atoms with E-state index in [9.17, 15) is 17.6 Å². The molecule has 2 aromatic carbocycles. The first kappa shape index (κ1) is 23.3. The van der Waals surface area contributed by atoms with Gasteiger partial charge in [-0.2, -0.15) is 9.30 Å². The second-order valence-corrected chi connectivity index (χ2v) is 9.55. The Bertz CT molecular complexity index is 1380. The van der Waals surface area contributed by atoms with Gasteiger partial charge >= 0.3 is 0 Å². The monoisotopic (exact) mass is 469 g/mol. The molecule has 0 spiro atoms. The zero-order valence-electron chi connectivity index (χ0n) is 17.1. The molecule has 1 heterocycles. The maximum Gasteiger partial charge on any atom is 0.279 e. The lowest BCUT2D eigenvalue weighted by molar-refractivity contribution is 0.0997. The largest absolute Gasteiger partial charge is 0.302 e. The van der Waals surface area contributed by atoms with Crippen LogP contribution in [0.2, 0.25) is 0 Å². The molecular formula is C23H20FN3O3S2. The first-order valence-corrected chi connectivity index (χ1v) is 11.7. The van der Waals surface area contributed by atoms with Gasteiger partial charge in [0.1, 0.15) is 5.82 Å². The summed E-state index contributed by atoms with van der Waals surface area (Å²) in [6.07, 6.45) is 8.37. The predicted octanol–water partition coefficient (Wildman–Crippen LogP) is 3.58. The van der Waals surface area contributed by atoms with Gasteiger partial charge in [0.2, 0.25) is 10.0 Å². The van der Waals surface area contributed by atoms with Crippen LogP contribution in [-0.2, 0) is 16.6 Å². The fourth-order valence-electron chi connectivity index (χ4n) is 3.04. The van der Waals surface area contributed by atoms with Crippen molar-refractivity contribution >= 4 is 37.5 Å². The van der Waals surface area contributed by atoms with Crippen molar-refractivity contribution in [2.75, 3.05) is 13.1 Å². The zero-order valence-corrected chi connectivity index (χ0v) is 18.7. The maximum atomic E-state index is 14.3. The molecule has 0 aliphatic heterocycles. The lowest BCUT2D eigenvalue weighted by Gasteiger charge is -2.19. The Morgan fingerprint density at radius 1 is 1.19 bits per heavy atom. The number of carbonyl (C=O) groups excluding carboxylic acids is 1. The predicted molar refractivity (Wildman–Crippen MR) is 124 cm³/mol. The number of sulfonamides is 1. The van der Waals surface area contributed by atoms with Crippen LogP contribution in [0.15, 0.2) is 77.7 Å². The standard InChI is InChI=1S/C23H20FN3O3S2/c1-4-14-26(15-5-2)32(29,30)18-12-10-17(11-13-18)22(28)25-23-27(16-6-3)21-19(24)8-7-9-20(21)31-23/h3-5,7-13H,1-2,14-16H2. The molecule has 32 heavy (non-hydrogen) atoms. The molecule has 0 saturated heterocycles. The quantitative estimate of drug-likeness (QED) is 0.374. The van der Waals surface area contributed by atoms with Crippen LogP contribution in [0.5, 0.6) is 0 Å². The highest BCUT2D eigenvalue weighted by Crippen LogP contribution is 2.21. The number of amides is 1. The van der Waals surface area contributed by atoms with Gasteiger partial charge in [-0.25, -0.2) is 12.8 Å². The normalized spacial score (nSPS) is 12.1. The SMILES string of the molecule is C#CCn1c(=NC(=O)c2ccc(S(=O)(=O)N(CC=C)CC=C)cc2)sc2cccc(F)c21. The molecule has 164 valence electrons. The molecule has 3 rings (SSSR count). The fourth-order valence-corrected chi connectivity index (χ4v) is 5.46. The number of benzene rings is 2. The van der Waals surface area contributed by atoms with Crippen LogP contribution < -0.4 is 4.80 Å². The molecule has 9 heteroatoms. The second-order valence-electron chi connectivity index (χ2n) is 6.60. The van der Waals surface area contributed by atoms with Crippen molar-refractivity contribution in [2.24, 2.45) is 4.99 Å². The van der Waals surface area contributed by atoms with E-state index in [-0.39, 0.29) is 40.4 Å². The van der Waals surface area contributed by atoms with Gasteiger partial charge in [-0.1, -0.05) is 35.5 Å². The third-order valence-corrected chi connectivity index (χ3v) is 7.39. The van der Waals surface area contributed by atoms with Crippen molar-refractivity contribution in [3.63, 3.8) is 0 Å². The van der Waals surface area contributed by atoms with Gasteiger partial charge in [0.15, 0.2) is 4.80 Å². The zero-order chi connectivity index (χ0) is 23.3. The third kappa shape index (κ3) is 4.62. The number of fused-ring (bicyclic) bond motifs is 1. The van der Waals surface area contributed by atoms with Crippen molar-refractivity contribution in [3.05, 3.63) is 84.0 Å². The van der Waals surface area contributed by atoms with E-state index in [1.807, 2.05) is 0 Å². The molecule has 0 N–H and O–H groups in total. The Morgan fingerprint density at radius 3 is 2.44 bits per heavy atom. The van der Waals surface area contributed by atoms with Crippen LogP contribution in [0.4, 0.5) is 4.39 Å². The van der Waals surface area contributed by atoms with Crippen LogP contribution >= 0.6 is 11.3 Å². The second kappa shape index (κ2) is 9.87. The molecule has 0 bridgehead atoms. The molecule has 0 aliphatic carbocycles. The smallest absolute Gasteiger partial charge is 0.279 e. The van der Waals surface area contributed by atoms with E-state index in [4.69, 9.17) is 6.42 Å². The number of aromatic nitrogens is 1. The number of nitrogens with zero attached hydrogens (tertiary/aromatic N) is 3. The maximum absolute atomic E-state index is 14.3. The lowest BCUT2D eigenvalue weighted by Crippen LogP contribution is -2.31. The Morgan fingerprint density at radius 2 is 1.84 bits per heavy atom. The highest BCUT2D eigenvalue weighted by molar-refractivity contribution is 7.89. The van der Waals surface area contributed by atoms with Crippen molar-refractivity contribution in [3.8, 4) is 12.3 Å². The summed E-state index contributed by atoms with van der Waals surface area (Å²) in [6.45, 7) is 7.45. The Hall–Kier alpha value is -3.32. The topological polar surface area (TPSA) is 71.7 Å².